The van der Waals surface area contributed by atoms with Crippen LogP contribution in [0.1, 0.15) is 23.2 Å². The van der Waals surface area contributed by atoms with Crippen molar-refractivity contribution >= 4 is 28.6 Å². The highest BCUT2D eigenvalue weighted by atomic mass is 32.2. The summed E-state index contributed by atoms with van der Waals surface area (Å²) < 4.78 is 25.5. The molecule has 0 unspecified atom stereocenters. The first-order valence-electron chi connectivity index (χ1n) is 6.56. The lowest BCUT2D eigenvalue weighted by Crippen LogP contribution is -2.31. The Morgan fingerprint density at radius 1 is 1.15 bits per heavy atom. The van der Waals surface area contributed by atoms with Crippen LogP contribution in [0.4, 0.5) is 0 Å². The van der Waals surface area contributed by atoms with Gasteiger partial charge in [-0.3, -0.25) is 4.79 Å². The SMILES string of the molecule is O=C1c2ccccc2S(=O)(=O)N1CCCCNCCS. The van der Waals surface area contributed by atoms with Crippen LogP contribution in [0.5, 0.6) is 0 Å². The summed E-state index contributed by atoms with van der Waals surface area (Å²) >= 11 is 4.09. The maximum absolute atomic E-state index is 12.2. The Morgan fingerprint density at radius 2 is 1.90 bits per heavy atom. The summed E-state index contributed by atoms with van der Waals surface area (Å²) in [6.07, 6.45) is 1.47. The number of carbonyl (C=O) groups is 1. The van der Waals surface area contributed by atoms with Crippen molar-refractivity contribution < 1.29 is 13.2 Å². The van der Waals surface area contributed by atoms with E-state index in [1.165, 1.54) is 6.07 Å². The van der Waals surface area contributed by atoms with Gasteiger partial charge in [-0.2, -0.15) is 12.6 Å². The predicted molar refractivity (Wildman–Crippen MR) is 80.6 cm³/mol. The van der Waals surface area contributed by atoms with Crippen molar-refractivity contribution in [3.8, 4) is 0 Å². The zero-order valence-corrected chi connectivity index (χ0v) is 12.8. The van der Waals surface area contributed by atoms with E-state index >= 15 is 0 Å². The molecule has 0 atom stereocenters. The van der Waals surface area contributed by atoms with Crippen molar-refractivity contribution in [2.45, 2.75) is 17.7 Å². The highest BCUT2D eigenvalue weighted by Gasteiger charge is 2.40. The van der Waals surface area contributed by atoms with Gasteiger partial charge < -0.3 is 5.32 Å². The van der Waals surface area contributed by atoms with Crippen LogP contribution >= 0.6 is 12.6 Å². The smallest absolute Gasteiger partial charge is 0.269 e. The molecule has 0 aromatic heterocycles. The van der Waals surface area contributed by atoms with E-state index in [9.17, 15) is 13.2 Å². The highest BCUT2D eigenvalue weighted by Crippen LogP contribution is 2.29. The number of hydrogen-bond donors (Lipinski definition) is 2. The van der Waals surface area contributed by atoms with Gasteiger partial charge in [-0.25, -0.2) is 12.7 Å². The van der Waals surface area contributed by atoms with Crippen LogP contribution in [-0.4, -0.2) is 44.0 Å². The molecule has 1 aromatic rings. The van der Waals surface area contributed by atoms with Gasteiger partial charge in [-0.15, -0.1) is 0 Å². The standard InChI is InChI=1S/C13H18N2O3S2/c16-13-11-5-1-2-6-12(11)20(17,18)15(13)9-4-3-7-14-8-10-19/h1-2,5-6,14,19H,3-4,7-10H2. The number of amides is 1. The lowest BCUT2D eigenvalue weighted by molar-refractivity contribution is 0.0869. The molecular weight excluding hydrogens is 296 g/mol. The van der Waals surface area contributed by atoms with Crippen LogP contribution < -0.4 is 5.32 Å². The minimum atomic E-state index is -3.64. The summed E-state index contributed by atoms with van der Waals surface area (Å²) in [6.45, 7) is 1.86. The second kappa shape index (κ2) is 6.60. The number of fused-ring (bicyclic) bond motifs is 1. The average molecular weight is 314 g/mol. The normalized spacial score (nSPS) is 16.4. The number of rotatable bonds is 7. The average Bonchev–Trinajstić information content (AvgIpc) is 2.63. The van der Waals surface area contributed by atoms with Gasteiger partial charge in [0.15, 0.2) is 0 Å². The van der Waals surface area contributed by atoms with Gasteiger partial charge in [-0.1, -0.05) is 12.1 Å². The van der Waals surface area contributed by atoms with Gasteiger partial charge in [-0.05, 0) is 31.5 Å². The first kappa shape index (κ1) is 15.3. The maximum atomic E-state index is 12.2. The van der Waals surface area contributed by atoms with Crippen molar-refractivity contribution in [2.75, 3.05) is 25.4 Å². The fraction of sp³-hybridized carbons (Fsp3) is 0.462. The molecule has 1 amide bonds. The monoisotopic (exact) mass is 314 g/mol. The second-order valence-electron chi connectivity index (χ2n) is 4.56. The molecule has 1 N–H and O–H groups in total. The molecule has 0 saturated heterocycles. The molecule has 0 aliphatic carbocycles. The summed E-state index contributed by atoms with van der Waals surface area (Å²) in [7, 11) is -3.64. The molecule has 1 aliphatic heterocycles. The molecular formula is C13H18N2O3S2. The first-order chi connectivity index (χ1) is 9.59. The first-order valence-corrected chi connectivity index (χ1v) is 8.64. The van der Waals surface area contributed by atoms with Crippen LogP contribution in [0.15, 0.2) is 29.2 Å². The molecule has 7 heteroatoms. The number of nitrogens with one attached hydrogen (secondary N) is 1. The van der Waals surface area contributed by atoms with E-state index in [-0.39, 0.29) is 17.0 Å². The summed E-state index contributed by atoms with van der Waals surface area (Å²) in [5, 5.41) is 3.18. The van der Waals surface area contributed by atoms with E-state index in [0.717, 1.165) is 29.6 Å². The molecule has 0 radical (unpaired) electrons. The quantitative estimate of drug-likeness (QED) is 0.585. The highest BCUT2D eigenvalue weighted by molar-refractivity contribution is 7.90. The molecule has 5 nitrogen and oxygen atoms in total. The van der Waals surface area contributed by atoms with E-state index < -0.39 is 15.9 Å². The van der Waals surface area contributed by atoms with Crippen molar-refractivity contribution in [1.29, 1.82) is 0 Å². The number of nitrogens with zero attached hydrogens (tertiary/aromatic N) is 1. The van der Waals surface area contributed by atoms with E-state index in [1.807, 2.05) is 0 Å². The Kier molecular flexibility index (Phi) is 5.06. The Labute approximate surface area is 124 Å². The van der Waals surface area contributed by atoms with Crippen LogP contribution in [0.3, 0.4) is 0 Å². The molecule has 0 bridgehead atoms. The van der Waals surface area contributed by atoms with Crippen molar-refractivity contribution in [3.05, 3.63) is 29.8 Å². The maximum Gasteiger partial charge on any atom is 0.269 e. The van der Waals surface area contributed by atoms with Crippen LogP contribution in [0.2, 0.25) is 0 Å². The lowest BCUT2D eigenvalue weighted by atomic mass is 10.2. The van der Waals surface area contributed by atoms with Crippen molar-refractivity contribution in [2.24, 2.45) is 0 Å². The summed E-state index contributed by atoms with van der Waals surface area (Å²) in [4.78, 5) is 12.2. The van der Waals surface area contributed by atoms with Gasteiger partial charge in [0.1, 0.15) is 4.90 Å². The second-order valence-corrected chi connectivity index (χ2v) is 6.84. The fourth-order valence-corrected chi connectivity index (χ4v) is 3.93. The predicted octanol–water partition coefficient (Wildman–Crippen LogP) is 1.13. The zero-order chi connectivity index (χ0) is 14.6. The molecule has 1 aromatic carbocycles. The number of sulfonamides is 1. The van der Waals surface area contributed by atoms with Crippen LogP contribution in [-0.2, 0) is 10.0 Å². The van der Waals surface area contributed by atoms with Gasteiger partial charge >= 0.3 is 0 Å². The van der Waals surface area contributed by atoms with Crippen molar-refractivity contribution in [3.63, 3.8) is 0 Å². The summed E-state index contributed by atoms with van der Waals surface area (Å²) in [5.74, 6) is 0.359. The molecule has 110 valence electrons. The number of hydrogen-bond acceptors (Lipinski definition) is 5. The minimum Gasteiger partial charge on any atom is -0.316 e. The third-order valence-corrected chi connectivity index (χ3v) is 5.23. The number of thiol groups is 1. The molecule has 0 fully saturated rings. The molecule has 20 heavy (non-hydrogen) atoms. The van der Waals surface area contributed by atoms with Gasteiger partial charge in [0, 0.05) is 18.8 Å². The Morgan fingerprint density at radius 3 is 2.60 bits per heavy atom. The molecule has 1 aliphatic rings. The topological polar surface area (TPSA) is 66.5 Å². The molecule has 0 spiro atoms. The van der Waals surface area contributed by atoms with E-state index in [2.05, 4.69) is 17.9 Å². The largest absolute Gasteiger partial charge is 0.316 e. The van der Waals surface area contributed by atoms with E-state index in [1.54, 1.807) is 18.2 Å². The van der Waals surface area contributed by atoms with Crippen LogP contribution in [0, 0.1) is 0 Å². The summed E-state index contributed by atoms with van der Waals surface area (Å²) in [6, 6.07) is 6.35. The van der Waals surface area contributed by atoms with Crippen LogP contribution in [0.25, 0.3) is 0 Å². The number of unbranched alkanes of at least 4 members (excludes halogenated alkanes) is 1. The molecule has 0 saturated carbocycles. The number of carbonyl (C=O) groups excluding carboxylic acids is 1. The van der Waals surface area contributed by atoms with Gasteiger partial charge in [0.05, 0.1) is 5.56 Å². The Hall–Kier alpha value is -1.05. The Bertz CT molecular complexity index is 587. The summed E-state index contributed by atoms with van der Waals surface area (Å²) in [5.41, 5.74) is 0.278. The molecule has 2 rings (SSSR count). The van der Waals surface area contributed by atoms with E-state index in [0.29, 0.717) is 6.42 Å². The van der Waals surface area contributed by atoms with Gasteiger partial charge in [0.25, 0.3) is 15.9 Å². The van der Waals surface area contributed by atoms with Crippen molar-refractivity contribution in [1.82, 2.24) is 9.62 Å². The zero-order valence-electron chi connectivity index (χ0n) is 11.1. The Balaban J connectivity index is 1.96. The third-order valence-electron chi connectivity index (χ3n) is 3.17. The third kappa shape index (κ3) is 2.99. The minimum absolute atomic E-state index is 0.123. The lowest BCUT2D eigenvalue weighted by Gasteiger charge is -2.14. The van der Waals surface area contributed by atoms with E-state index in [4.69, 9.17) is 0 Å². The van der Waals surface area contributed by atoms with Gasteiger partial charge in [0.2, 0.25) is 0 Å². The molecule has 1 heterocycles. The fourth-order valence-electron chi connectivity index (χ4n) is 2.16. The number of benzene rings is 1.